The number of halogens is 1. The fourth-order valence-corrected chi connectivity index (χ4v) is 4.08. The number of nitrogens with zero attached hydrogens (tertiary/aromatic N) is 1. The van der Waals surface area contributed by atoms with Crippen molar-refractivity contribution in [1.82, 2.24) is 0 Å². The van der Waals surface area contributed by atoms with E-state index < -0.39 is 0 Å². The van der Waals surface area contributed by atoms with Gasteiger partial charge in [-0.2, -0.15) is 0 Å². The highest BCUT2D eigenvalue weighted by molar-refractivity contribution is 6.31. The summed E-state index contributed by atoms with van der Waals surface area (Å²) in [5.74, 6) is 0.775. The van der Waals surface area contributed by atoms with E-state index >= 15 is 0 Å². The number of nitrogens with one attached hydrogen (secondary N) is 1. The van der Waals surface area contributed by atoms with Crippen molar-refractivity contribution in [2.45, 2.75) is 25.3 Å². The lowest BCUT2D eigenvalue weighted by atomic mass is 9.76. The molecule has 0 aromatic heterocycles. The zero-order valence-corrected chi connectivity index (χ0v) is 14.0. The molecule has 0 bridgehead atoms. The van der Waals surface area contributed by atoms with E-state index in [0.717, 1.165) is 28.3 Å². The number of rotatable bonds is 2. The van der Waals surface area contributed by atoms with Crippen LogP contribution >= 0.6 is 11.6 Å². The third kappa shape index (κ3) is 2.29. The van der Waals surface area contributed by atoms with E-state index in [9.17, 15) is 10.1 Å². The van der Waals surface area contributed by atoms with Crippen molar-refractivity contribution in [2.75, 3.05) is 5.32 Å². The maximum Gasteiger partial charge on any atom is 0.269 e. The summed E-state index contributed by atoms with van der Waals surface area (Å²) in [7, 11) is 0. The van der Waals surface area contributed by atoms with Gasteiger partial charge in [0.05, 0.1) is 11.0 Å². The Morgan fingerprint density at radius 3 is 2.67 bits per heavy atom. The number of fused-ring (bicyclic) bond motifs is 3. The van der Waals surface area contributed by atoms with Crippen LogP contribution in [0, 0.1) is 23.0 Å². The second-order valence-corrected chi connectivity index (χ2v) is 6.87. The van der Waals surface area contributed by atoms with Crippen LogP contribution in [0.15, 0.2) is 48.6 Å². The molecule has 0 fully saturated rings. The van der Waals surface area contributed by atoms with Gasteiger partial charge in [0.1, 0.15) is 0 Å². The van der Waals surface area contributed by atoms with Crippen LogP contribution in [0.5, 0.6) is 0 Å². The lowest BCUT2D eigenvalue weighted by Crippen LogP contribution is -2.29. The molecule has 1 N–H and O–H groups in total. The van der Waals surface area contributed by atoms with Crippen LogP contribution in [0.1, 0.15) is 35.1 Å². The van der Waals surface area contributed by atoms with Crippen LogP contribution in [-0.4, -0.2) is 4.92 Å². The molecule has 122 valence electrons. The summed E-state index contributed by atoms with van der Waals surface area (Å²) < 4.78 is 0. The molecule has 0 spiro atoms. The van der Waals surface area contributed by atoms with Crippen molar-refractivity contribution in [2.24, 2.45) is 5.92 Å². The molecule has 4 rings (SSSR count). The molecule has 3 atom stereocenters. The van der Waals surface area contributed by atoms with E-state index in [1.807, 2.05) is 25.1 Å². The zero-order chi connectivity index (χ0) is 16.8. The first-order valence-corrected chi connectivity index (χ1v) is 8.40. The highest BCUT2D eigenvalue weighted by Gasteiger charge is 2.38. The second-order valence-electron chi connectivity index (χ2n) is 6.46. The van der Waals surface area contributed by atoms with Gasteiger partial charge in [0.25, 0.3) is 5.69 Å². The third-order valence-electron chi connectivity index (χ3n) is 5.19. The Morgan fingerprint density at radius 1 is 1.21 bits per heavy atom. The predicted octanol–water partition coefficient (Wildman–Crippen LogP) is 5.38. The minimum Gasteiger partial charge on any atom is -0.377 e. The average Bonchev–Trinajstić information content (AvgIpc) is 3.07. The van der Waals surface area contributed by atoms with Crippen molar-refractivity contribution < 1.29 is 4.92 Å². The molecule has 0 amide bonds. The zero-order valence-electron chi connectivity index (χ0n) is 13.2. The molecule has 4 nitrogen and oxygen atoms in total. The van der Waals surface area contributed by atoms with Crippen molar-refractivity contribution in [1.29, 1.82) is 0 Å². The molecule has 2 aliphatic rings. The maximum atomic E-state index is 10.9. The predicted molar refractivity (Wildman–Crippen MR) is 95.6 cm³/mol. The summed E-state index contributed by atoms with van der Waals surface area (Å²) in [5, 5.41) is 15.3. The van der Waals surface area contributed by atoms with Crippen molar-refractivity contribution >= 4 is 23.0 Å². The number of allylic oxidation sites excluding steroid dienone is 2. The lowest BCUT2D eigenvalue weighted by Gasteiger charge is -2.38. The normalized spacial score (nSPS) is 24.2. The molecule has 2 aromatic rings. The van der Waals surface area contributed by atoms with Gasteiger partial charge >= 0.3 is 0 Å². The van der Waals surface area contributed by atoms with Crippen molar-refractivity contribution in [3.05, 3.63) is 80.4 Å². The van der Waals surface area contributed by atoms with Gasteiger partial charge in [-0.3, -0.25) is 10.1 Å². The molecule has 1 aliphatic heterocycles. The SMILES string of the molecule is Cc1c(Cl)ccc2c1N[C@H](c1ccc([N+](=O)[O-])cc1)[C@H]1CC=C[C@@H]21. The number of benzene rings is 2. The Balaban J connectivity index is 1.77. The molecule has 1 heterocycles. The van der Waals surface area contributed by atoms with Gasteiger partial charge < -0.3 is 5.32 Å². The number of non-ortho nitro benzene ring substituents is 1. The molecule has 0 radical (unpaired) electrons. The number of hydrogen-bond acceptors (Lipinski definition) is 3. The quantitative estimate of drug-likeness (QED) is 0.453. The third-order valence-corrected chi connectivity index (χ3v) is 5.60. The van der Waals surface area contributed by atoms with Crippen molar-refractivity contribution in [3.63, 3.8) is 0 Å². The highest BCUT2D eigenvalue weighted by Crippen LogP contribution is 2.51. The van der Waals surface area contributed by atoms with Crippen LogP contribution in [0.25, 0.3) is 0 Å². The van der Waals surface area contributed by atoms with E-state index in [1.165, 1.54) is 5.56 Å². The molecule has 0 saturated carbocycles. The molecule has 5 heteroatoms. The first-order chi connectivity index (χ1) is 11.6. The van der Waals surface area contributed by atoms with Gasteiger partial charge in [-0.05, 0) is 42.0 Å². The van der Waals surface area contributed by atoms with Crippen LogP contribution in [0.3, 0.4) is 0 Å². The standard InChI is InChI=1S/C19H17ClN2O2/c1-11-17(20)10-9-16-14-3-2-4-15(14)19(21-18(11)16)12-5-7-13(8-6-12)22(23)24/h2-3,5-10,14-15,19,21H,4H2,1H3/t14-,15+,19-/m1/s1. The lowest BCUT2D eigenvalue weighted by molar-refractivity contribution is -0.384. The molecular formula is C19H17ClN2O2. The summed E-state index contributed by atoms with van der Waals surface area (Å²) in [4.78, 5) is 10.5. The largest absolute Gasteiger partial charge is 0.377 e. The topological polar surface area (TPSA) is 55.2 Å². The summed E-state index contributed by atoms with van der Waals surface area (Å²) >= 11 is 6.30. The fraction of sp³-hybridized carbons (Fsp3) is 0.263. The second kappa shape index (κ2) is 5.64. The van der Waals surface area contributed by atoms with E-state index in [2.05, 4.69) is 23.5 Å². The number of nitro groups is 1. The average molecular weight is 341 g/mol. The van der Waals surface area contributed by atoms with E-state index in [4.69, 9.17) is 11.6 Å². The summed E-state index contributed by atoms with van der Waals surface area (Å²) in [6.07, 6.45) is 5.50. The summed E-state index contributed by atoms with van der Waals surface area (Å²) in [5.41, 5.74) is 4.63. The first kappa shape index (κ1) is 15.2. The Labute approximate surface area is 145 Å². The minimum atomic E-state index is -0.364. The van der Waals surface area contributed by atoms with Crippen LogP contribution in [0.2, 0.25) is 5.02 Å². The fourth-order valence-electron chi connectivity index (χ4n) is 3.92. The molecule has 0 unspecified atom stereocenters. The Morgan fingerprint density at radius 2 is 1.96 bits per heavy atom. The molecule has 0 saturated heterocycles. The van der Waals surface area contributed by atoms with Gasteiger partial charge in [0, 0.05) is 28.8 Å². The summed E-state index contributed by atoms with van der Waals surface area (Å²) in [6.45, 7) is 2.03. The van der Waals surface area contributed by atoms with Gasteiger partial charge in [-0.15, -0.1) is 0 Å². The monoisotopic (exact) mass is 340 g/mol. The highest BCUT2D eigenvalue weighted by atomic mass is 35.5. The van der Waals surface area contributed by atoms with E-state index in [-0.39, 0.29) is 16.7 Å². The molecular weight excluding hydrogens is 324 g/mol. The van der Waals surface area contributed by atoms with E-state index in [0.29, 0.717) is 11.8 Å². The Bertz CT molecular complexity index is 845. The Kier molecular flexibility index (Phi) is 3.57. The molecule has 2 aromatic carbocycles. The number of hydrogen-bond donors (Lipinski definition) is 1. The Hall–Kier alpha value is -2.33. The van der Waals surface area contributed by atoms with Gasteiger partial charge in [0.15, 0.2) is 0 Å². The van der Waals surface area contributed by atoms with Crippen LogP contribution in [-0.2, 0) is 0 Å². The summed E-state index contributed by atoms with van der Waals surface area (Å²) in [6, 6.07) is 11.1. The number of nitro benzene ring substituents is 1. The van der Waals surface area contributed by atoms with Gasteiger partial charge in [0.2, 0.25) is 0 Å². The van der Waals surface area contributed by atoms with Crippen LogP contribution in [0.4, 0.5) is 11.4 Å². The van der Waals surface area contributed by atoms with E-state index in [1.54, 1.807) is 12.1 Å². The van der Waals surface area contributed by atoms with Gasteiger partial charge in [-0.25, -0.2) is 0 Å². The van der Waals surface area contributed by atoms with Crippen LogP contribution < -0.4 is 5.32 Å². The minimum absolute atomic E-state index is 0.121. The first-order valence-electron chi connectivity index (χ1n) is 8.03. The van der Waals surface area contributed by atoms with Crippen molar-refractivity contribution in [3.8, 4) is 0 Å². The maximum absolute atomic E-state index is 10.9. The smallest absolute Gasteiger partial charge is 0.269 e. The van der Waals surface area contributed by atoms with Gasteiger partial charge in [-0.1, -0.05) is 42.0 Å². The number of anilines is 1. The molecule has 1 aliphatic carbocycles. The molecule has 24 heavy (non-hydrogen) atoms.